The molecule has 204 valence electrons. The number of quaternary nitrogens is 1. The first-order valence-electron chi connectivity index (χ1n) is 12.2. The number of unbranched alkanes of at least 4 members (excludes halogenated alkanes) is 1. The summed E-state index contributed by atoms with van der Waals surface area (Å²) in [6.07, 6.45) is 3.33. The minimum atomic E-state index is -3.96. The second kappa shape index (κ2) is 13.8. The first kappa shape index (κ1) is 33.7. The zero-order valence-electron chi connectivity index (χ0n) is 22.6. The summed E-state index contributed by atoms with van der Waals surface area (Å²) in [5.41, 5.74) is -1.70. The van der Waals surface area contributed by atoms with Gasteiger partial charge in [-0.25, -0.2) is 6.57 Å². The number of nitrogens with one attached hydrogen (secondary N) is 2. The highest BCUT2D eigenvalue weighted by atomic mass is 32.2. The molecule has 0 heterocycles. The molecule has 9 nitrogen and oxygen atoms in total. The van der Waals surface area contributed by atoms with Crippen molar-refractivity contribution < 1.29 is 27.0 Å². The van der Waals surface area contributed by atoms with E-state index in [0.717, 1.165) is 12.8 Å². The Hall–Kier alpha value is -1.35. The van der Waals surface area contributed by atoms with Crippen LogP contribution in [0.15, 0.2) is 0 Å². The molecule has 35 heavy (non-hydrogen) atoms. The van der Waals surface area contributed by atoms with Crippen molar-refractivity contribution in [3.8, 4) is 0 Å². The molecule has 2 atom stereocenters. The number of rotatable bonds is 17. The van der Waals surface area contributed by atoms with Crippen molar-refractivity contribution in [2.24, 2.45) is 5.41 Å². The topological polar surface area (TPSA) is 117 Å². The Labute approximate surface area is 218 Å². The maximum Gasteiger partial charge on any atom is 0.265 e. The van der Waals surface area contributed by atoms with Crippen LogP contribution in [-0.2, 0) is 19.7 Å². The van der Waals surface area contributed by atoms with E-state index in [2.05, 4.69) is 28.1 Å². The monoisotopic (exact) mass is 535 g/mol. The van der Waals surface area contributed by atoms with Gasteiger partial charge < -0.3 is 20.0 Å². The average molecular weight is 536 g/mol. The van der Waals surface area contributed by atoms with E-state index in [1.807, 2.05) is 21.0 Å². The summed E-state index contributed by atoms with van der Waals surface area (Å²) in [7, 11) is -0.0241. The van der Waals surface area contributed by atoms with E-state index in [4.69, 9.17) is 11.1 Å². The van der Waals surface area contributed by atoms with Gasteiger partial charge in [-0.05, 0) is 19.8 Å². The standard InChI is InChI=1S/C24H46N4O5S2/c1-9-10-13-26-20(29)23(4,18-22(2,3)25-6)19-24(5,34)21(30)27-14-11-15-28(7,8)16-12-17-35(31,32)33/h9-19H2,1-5,7-8H3,(H3-,26,27,29,30,31,32,33,34)/p+1. The second-order valence-corrected chi connectivity index (χ2v) is 13.9. The highest BCUT2D eigenvalue weighted by molar-refractivity contribution is 7.85. The molecule has 0 aromatic rings. The third-order valence-electron chi connectivity index (χ3n) is 6.10. The summed E-state index contributed by atoms with van der Waals surface area (Å²) in [6, 6.07) is 0. The maximum atomic E-state index is 13.1. The van der Waals surface area contributed by atoms with Crippen LogP contribution in [0.4, 0.5) is 0 Å². The largest absolute Gasteiger partial charge is 0.356 e. The Bertz CT molecular complexity index is 850. The van der Waals surface area contributed by atoms with Gasteiger partial charge in [0.2, 0.25) is 17.4 Å². The molecule has 0 spiro atoms. The molecule has 0 fully saturated rings. The van der Waals surface area contributed by atoms with Crippen molar-refractivity contribution in [3.63, 3.8) is 0 Å². The summed E-state index contributed by atoms with van der Waals surface area (Å²) in [5, 5.41) is 5.88. The summed E-state index contributed by atoms with van der Waals surface area (Å²) < 4.78 is 30.1. The first-order valence-corrected chi connectivity index (χ1v) is 14.3. The van der Waals surface area contributed by atoms with Crippen molar-refractivity contribution >= 4 is 34.6 Å². The Morgan fingerprint density at radius 2 is 1.49 bits per heavy atom. The number of amides is 2. The Morgan fingerprint density at radius 1 is 0.971 bits per heavy atom. The zero-order valence-corrected chi connectivity index (χ0v) is 24.3. The zero-order chi connectivity index (χ0) is 27.6. The van der Waals surface area contributed by atoms with E-state index >= 15 is 0 Å². The number of thiol groups is 1. The molecule has 11 heteroatoms. The lowest BCUT2D eigenvalue weighted by Crippen LogP contribution is -2.50. The Morgan fingerprint density at radius 3 is 2.00 bits per heavy atom. The number of nitrogens with zero attached hydrogens (tertiary/aromatic N) is 2. The highest BCUT2D eigenvalue weighted by Gasteiger charge is 2.47. The van der Waals surface area contributed by atoms with Gasteiger partial charge in [0.1, 0.15) is 0 Å². The van der Waals surface area contributed by atoms with Crippen molar-refractivity contribution in [1.29, 1.82) is 0 Å². The van der Waals surface area contributed by atoms with Crippen LogP contribution in [0.5, 0.6) is 0 Å². The lowest BCUT2D eigenvalue weighted by Gasteiger charge is -2.36. The molecule has 0 saturated carbocycles. The molecule has 0 aliphatic carbocycles. The van der Waals surface area contributed by atoms with E-state index < -0.39 is 25.8 Å². The average Bonchev–Trinajstić information content (AvgIpc) is 2.69. The number of hydrogen-bond donors (Lipinski definition) is 4. The molecule has 0 aliphatic rings. The van der Waals surface area contributed by atoms with Crippen molar-refractivity contribution in [1.82, 2.24) is 10.6 Å². The van der Waals surface area contributed by atoms with Crippen LogP contribution in [0.1, 0.15) is 73.1 Å². The van der Waals surface area contributed by atoms with Gasteiger partial charge in [-0.15, -0.1) is 0 Å². The van der Waals surface area contributed by atoms with Gasteiger partial charge in [-0.3, -0.25) is 14.1 Å². The number of hydrogen-bond acceptors (Lipinski definition) is 5. The quantitative estimate of drug-likeness (QED) is 0.0751. The van der Waals surface area contributed by atoms with E-state index in [0.29, 0.717) is 49.9 Å². The maximum absolute atomic E-state index is 13.1. The predicted octanol–water partition coefficient (Wildman–Crippen LogP) is 2.94. The Kier molecular flexibility index (Phi) is 13.3. The van der Waals surface area contributed by atoms with Crippen molar-refractivity contribution in [2.45, 2.75) is 83.4 Å². The van der Waals surface area contributed by atoms with E-state index in [1.54, 1.807) is 27.7 Å². The molecule has 0 aromatic carbocycles. The molecule has 0 rings (SSSR count). The number of carbonyl (C=O) groups excluding carboxylic acids is 2. The third kappa shape index (κ3) is 14.1. The van der Waals surface area contributed by atoms with Crippen LogP contribution in [-0.4, -0.2) is 85.6 Å². The summed E-state index contributed by atoms with van der Waals surface area (Å²) in [6.45, 7) is 18.9. The van der Waals surface area contributed by atoms with Crippen LogP contribution < -0.4 is 10.6 Å². The molecule has 2 amide bonds. The minimum absolute atomic E-state index is 0.167. The molecule has 2 unspecified atom stereocenters. The third-order valence-corrected chi connectivity index (χ3v) is 7.27. The summed E-state index contributed by atoms with van der Waals surface area (Å²) >= 11 is 4.64. The summed E-state index contributed by atoms with van der Waals surface area (Å²) in [4.78, 5) is 29.8. The fourth-order valence-corrected chi connectivity index (χ4v) is 5.26. The molecular weight excluding hydrogens is 488 g/mol. The van der Waals surface area contributed by atoms with E-state index in [-0.39, 0.29) is 24.0 Å². The van der Waals surface area contributed by atoms with Crippen LogP contribution >= 0.6 is 12.6 Å². The van der Waals surface area contributed by atoms with Gasteiger partial charge >= 0.3 is 0 Å². The van der Waals surface area contributed by atoms with Gasteiger partial charge in [0, 0.05) is 46.2 Å². The van der Waals surface area contributed by atoms with E-state index in [9.17, 15) is 18.0 Å². The van der Waals surface area contributed by atoms with Gasteiger partial charge in [-0.2, -0.15) is 21.0 Å². The minimum Gasteiger partial charge on any atom is -0.356 e. The molecule has 0 saturated heterocycles. The van der Waals surface area contributed by atoms with Gasteiger partial charge in [0.15, 0.2) is 0 Å². The van der Waals surface area contributed by atoms with Gasteiger partial charge in [0.05, 0.1) is 43.1 Å². The number of carbonyl (C=O) groups is 2. The van der Waals surface area contributed by atoms with Gasteiger partial charge in [-0.1, -0.05) is 20.3 Å². The molecule has 3 N–H and O–H groups in total. The predicted molar refractivity (Wildman–Crippen MR) is 144 cm³/mol. The second-order valence-electron chi connectivity index (χ2n) is 11.4. The molecule has 0 bridgehead atoms. The summed E-state index contributed by atoms with van der Waals surface area (Å²) in [5.74, 6) is -0.705. The van der Waals surface area contributed by atoms with Gasteiger partial charge in [0.25, 0.3) is 10.1 Å². The fraction of sp³-hybridized carbons (Fsp3) is 0.875. The SMILES string of the molecule is [C-]#[N+]C(C)(C)CC(C)(CC(C)(S)C(=O)NCCC[N+](C)(C)CCCS(=O)(=O)O)C(=O)NCCCC. The van der Waals surface area contributed by atoms with Crippen molar-refractivity contribution in [3.05, 3.63) is 11.4 Å². The normalized spacial score (nSPS) is 16.0. The van der Waals surface area contributed by atoms with Crippen LogP contribution in [0.25, 0.3) is 4.85 Å². The first-order chi connectivity index (χ1) is 15.8. The van der Waals surface area contributed by atoms with E-state index in [1.165, 1.54) is 0 Å². The molecule has 0 radical (unpaired) electrons. The lowest BCUT2D eigenvalue weighted by molar-refractivity contribution is -0.890. The lowest BCUT2D eigenvalue weighted by atomic mass is 9.72. The van der Waals surface area contributed by atoms with Crippen LogP contribution in [0.2, 0.25) is 0 Å². The van der Waals surface area contributed by atoms with Crippen LogP contribution in [0.3, 0.4) is 0 Å². The highest BCUT2D eigenvalue weighted by Crippen LogP contribution is 2.40. The molecular formula is C24H47N4O5S2+. The van der Waals surface area contributed by atoms with Crippen molar-refractivity contribution in [2.75, 3.05) is 46.0 Å². The Balaban J connectivity index is 5.06. The molecule has 0 aromatic heterocycles. The fourth-order valence-electron chi connectivity index (χ4n) is 4.34. The van der Waals surface area contributed by atoms with Crippen LogP contribution in [0, 0.1) is 12.0 Å². The smallest absolute Gasteiger partial charge is 0.265 e. The molecule has 0 aliphatic heterocycles.